The van der Waals surface area contributed by atoms with E-state index in [2.05, 4.69) is 30.9 Å². The fourth-order valence-electron chi connectivity index (χ4n) is 3.24. The topological polar surface area (TPSA) is 68.2 Å². The first-order valence-electron chi connectivity index (χ1n) is 8.83. The van der Waals surface area contributed by atoms with Gasteiger partial charge in [0.25, 0.3) is 0 Å². The number of ether oxygens (including phenoxy) is 1. The highest BCUT2D eigenvalue weighted by atomic mass is 79.9. The molecule has 0 aromatic carbocycles. The summed E-state index contributed by atoms with van der Waals surface area (Å²) in [5.74, 6) is -0.439. The van der Waals surface area contributed by atoms with Crippen molar-refractivity contribution in [3.63, 3.8) is 0 Å². The van der Waals surface area contributed by atoms with Crippen molar-refractivity contribution in [1.29, 1.82) is 0 Å². The van der Waals surface area contributed by atoms with Crippen molar-refractivity contribution in [2.24, 2.45) is 0 Å². The van der Waals surface area contributed by atoms with Crippen molar-refractivity contribution in [2.45, 2.75) is 50.8 Å². The van der Waals surface area contributed by atoms with Gasteiger partial charge in [-0.05, 0) is 61.7 Å². The maximum atomic E-state index is 14.5. The Morgan fingerprint density at radius 1 is 1.32 bits per heavy atom. The molecule has 0 atom stereocenters. The Bertz CT molecular complexity index is 852. The number of hydrogen-bond acceptors (Lipinski definition) is 5. The molecule has 0 N–H and O–H groups in total. The molecule has 1 aliphatic carbocycles. The molecule has 0 spiro atoms. The molecule has 9 heteroatoms. The quantitative estimate of drug-likeness (QED) is 0.675. The predicted octanol–water partition coefficient (Wildman–Crippen LogP) is 4.58. The first-order valence-corrected chi connectivity index (χ1v) is 9.62. The summed E-state index contributed by atoms with van der Waals surface area (Å²) in [7, 11) is 0. The summed E-state index contributed by atoms with van der Waals surface area (Å²) >= 11 is 3.25. The summed E-state index contributed by atoms with van der Waals surface area (Å²) < 4.78 is 34.5. The number of nitrogens with zero attached hydrogens (tertiary/aromatic N) is 4. The zero-order valence-corrected chi connectivity index (χ0v) is 17.4. The molecule has 150 valence electrons. The van der Waals surface area contributed by atoms with E-state index in [0.717, 1.165) is 0 Å². The van der Waals surface area contributed by atoms with E-state index in [9.17, 15) is 13.6 Å². The summed E-state index contributed by atoms with van der Waals surface area (Å²) in [5.41, 5.74) is -1.59. The monoisotopic (exact) mass is 454 g/mol. The van der Waals surface area contributed by atoms with Crippen LogP contribution in [0.3, 0.4) is 0 Å². The van der Waals surface area contributed by atoms with Crippen LogP contribution >= 0.6 is 15.9 Å². The number of alkyl halides is 1. The maximum Gasteiger partial charge on any atom is 0.417 e. The molecule has 0 saturated heterocycles. The molecule has 0 bridgehead atoms. The Balaban J connectivity index is 1.98. The van der Waals surface area contributed by atoms with Crippen LogP contribution in [0.4, 0.5) is 19.5 Å². The number of aromatic nitrogens is 3. The fraction of sp³-hybridized carbons (Fsp3) is 0.474. The van der Waals surface area contributed by atoms with Crippen molar-refractivity contribution < 1.29 is 18.3 Å². The normalized spacial score (nSPS) is 21.7. The van der Waals surface area contributed by atoms with Gasteiger partial charge < -0.3 is 4.74 Å². The van der Waals surface area contributed by atoms with Gasteiger partial charge in [0.1, 0.15) is 17.6 Å². The molecular weight excluding hydrogens is 434 g/mol. The number of amides is 1. The van der Waals surface area contributed by atoms with Crippen LogP contribution in [0.2, 0.25) is 0 Å². The van der Waals surface area contributed by atoms with E-state index < -0.39 is 29.1 Å². The lowest BCUT2D eigenvalue weighted by Gasteiger charge is -2.45. The Morgan fingerprint density at radius 2 is 1.96 bits per heavy atom. The van der Waals surface area contributed by atoms with Crippen molar-refractivity contribution in [1.82, 2.24) is 15.0 Å². The molecule has 1 fully saturated rings. The van der Waals surface area contributed by atoms with Crippen molar-refractivity contribution in [3.8, 4) is 0 Å². The molecule has 0 radical (unpaired) electrons. The molecule has 6 nitrogen and oxygen atoms in total. The molecule has 2 aromatic heterocycles. The van der Waals surface area contributed by atoms with Gasteiger partial charge in [-0.3, -0.25) is 4.98 Å². The fourth-order valence-corrected chi connectivity index (χ4v) is 3.45. The summed E-state index contributed by atoms with van der Waals surface area (Å²) in [6.07, 6.45) is 2.77. The summed E-state index contributed by atoms with van der Waals surface area (Å²) in [6, 6.07) is 2.76. The van der Waals surface area contributed by atoms with Gasteiger partial charge in [0, 0.05) is 30.6 Å². The second-order valence-electron chi connectivity index (χ2n) is 7.89. The zero-order valence-electron chi connectivity index (χ0n) is 15.8. The first-order chi connectivity index (χ1) is 13.1. The van der Waals surface area contributed by atoms with Gasteiger partial charge >= 0.3 is 6.09 Å². The number of pyridine rings is 1. The molecule has 0 aliphatic heterocycles. The minimum Gasteiger partial charge on any atom is -0.443 e. The lowest BCUT2D eigenvalue weighted by molar-refractivity contribution is 0.0505. The molecular formula is C19H21BrF2N4O2. The van der Waals surface area contributed by atoms with Gasteiger partial charge in [-0.2, -0.15) is 0 Å². The third-order valence-corrected chi connectivity index (χ3v) is 4.82. The number of anilines is 1. The second kappa shape index (κ2) is 7.69. The first kappa shape index (κ1) is 20.6. The standard InChI is InChI=1S/C19H21BrF2N4O2/c1-18(2,3)28-17(27)26(16-24-9-12(20)10-25-16)11-19(7-13(21)8-19)15-14(22)5-4-6-23-15/h4-6,9-10,13H,7-8,11H2,1-3H3/t13-,19-. The number of hydrogen-bond donors (Lipinski definition) is 0. The number of carbonyl (C=O) groups excluding carboxylic acids is 1. The van der Waals surface area contributed by atoms with E-state index in [-0.39, 0.29) is 31.0 Å². The van der Waals surface area contributed by atoms with Crippen LogP contribution in [-0.2, 0) is 10.2 Å². The minimum atomic E-state index is -1.09. The molecule has 0 unspecified atom stereocenters. The van der Waals surface area contributed by atoms with Gasteiger partial charge in [0.2, 0.25) is 5.95 Å². The lowest BCUT2D eigenvalue weighted by Crippen LogP contribution is -2.54. The number of carbonyl (C=O) groups is 1. The molecule has 2 heterocycles. The van der Waals surface area contributed by atoms with Gasteiger partial charge in [-0.1, -0.05) is 0 Å². The van der Waals surface area contributed by atoms with E-state index >= 15 is 0 Å². The molecule has 28 heavy (non-hydrogen) atoms. The maximum absolute atomic E-state index is 14.5. The Morgan fingerprint density at radius 3 is 2.50 bits per heavy atom. The van der Waals surface area contributed by atoms with Gasteiger partial charge in [0.15, 0.2) is 0 Å². The third kappa shape index (κ3) is 4.45. The van der Waals surface area contributed by atoms with E-state index in [4.69, 9.17) is 4.74 Å². The Hall–Kier alpha value is -2.16. The highest BCUT2D eigenvalue weighted by molar-refractivity contribution is 9.10. The summed E-state index contributed by atoms with van der Waals surface area (Å²) in [5, 5.41) is 0. The SMILES string of the molecule is CC(C)(C)OC(=O)N(C[C@]1(c2ncccc2F)C[C@H](F)C1)c1ncc(Br)cn1. The van der Waals surface area contributed by atoms with Crippen LogP contribution in [0.15, 0.2) is 35.2 Å². The van der Waals surface area contributed by atoms with E-state index in [0.29, 0.717) is 4.47 Å². The van der Waals surface area contributed by atoms with Crippen LogP contribution in [0.5, 0.6) is 0 Å². The smallest absolute Gasteiger partial charge is 0.417 e. The number of rotatable bonds is 4. The van der Waals surface area contributed by atoms with Gasteiger partial charge in [0.05, 0.1) is 10.2 Å². The zero-order chi connectivity index (χ0) is 20.5. The van der Waals surface area contributed by atoms with Crippen LogP contribution in [0.25, 0.3) is 0 Å². The average Bonchev–Trinajstić information content (AvgIpc) is 2.57. The van der Waals surface area contributed by atoms with Crippen LogP contribution in [-0.4, -0.2) is 39.4 Å². The van der Waals surface area contributed by atoms with Crippen molar-refractivity contribution >= 4 is 28.0 Å². The largest absolute Gasteiger partial charge is 0.443 e. The average molecular weight is 455 g/mol. The lowest BCUT2D eigenvalue weighted by atomic mass is 9.64. The van der Waals surface area contributed by atoms with Crippen LogP contribution in [0.1, 0.15) is 39.3 Å². The third-order valence-electron chi connectivity index (χ3n) is 4.41. The molecule has 1 saturated carbocycles. The molecule has 2 aromatic rings. The van der Waals surface area contributed by atoms with E-state index in [1.54, 1.807) is 20.8 Å². The van der Waals surface area contributed by atoms with Crippen LogP contribution < -0.4 is 4.90 Å². The minimum absolute atomic E-state index is 0.0438. The highest BCUT2D eigenvalue weighted by Crippen LogP contribution is 2.46. The van der Waals surface area contributed by atoms with E-state index in [1.807, 2.05) is 0 Å². The van der Waals surface area contributed by atoms with Crippen molar-refractivity contribution in [2.75, 3.05) is 11.4 Å². The predicted molar refractivity (Wildman–Crippen MR) is 103 cm³/mol. The summed E-state index contributed by atoms with van der Waals surface area (Å²) in [4.78, 5) is 26.5. The molecule has 3 rings (SSSR count). The highest BCUT2D eigenvalue weighted by Gasteiger charge is 2.51. The van der Waals surface area contributed by atoms with Crippen LogP contribution in [0, 0.1) is 5.82 Å². The van der Waals surface area contributed by atoms with Crippen molar-refractivity contribution in [3.05, 3.63) is 46.7 Å². The summed E-state index contributed by atoms with van der Waals surface area (Å²) in [6.45, 7) is 5.17. The van der Waals surface area contributed by atoms with E-state index in [1.165, 1.54) is 35.6 Å². The molecule has 1 aliphatic rings. The second-order valence-corrected chi connectivity index (χ2v) is 8.80. The Labute approximate surface area is 170 Å². The molecule has 1 amide bonds. The Kier molecular flexibility index (Phi) is 5.65. The van der Waals surface area contributed by atoms with Gasteiger partial charge in [-0.25, -0.2) is 28.4 Å². The number of halogens is 3. The van der Waals surface area contributed by atoms with Gasteiger partial charge in [-0.15, -0.1) is 0 Å².